The molecule has 7 heteroatoms. The van der Waals surface area contributed by atoms with Crippen molar-refractivity contribution in [1.29, 1.82) is 0 Å². The van der Waals surface area contributed by atoms with Gasteiger partial charge in [-0.15, -0.1) is 0 Å². The first-order valence-electron chi connectivity index (χ1n) is 2.48. The van der Waals surface area contributed by atoms with E-state index in [2.05, 4.69) is 0 Å². The van der Waals surface area contributed by atoms with Gasteiger partial charge in [-0.05, 0) is 6.42 Å². The van der Waals surface area contributed by atoms with E-state index in [9.17, 15) is 24.6 Å². The zero-order valence-corrected chi connectivity index (χ0v) is 11.0. The van der Waals surface area contributed by atoms with Crippen LogP contribution in [0.2, 0.25) is 0 Å². The Balaban J connectivity index is -0.000000405. The zero-order valence-electron chi connectivity index (χ0n) is 6.96. The number of carbonyl (C=O) groups is 3. The number of carboxylic acid groups (broad SMARTS) is 2. The van der Waals surface area contributed by atoms with E-state index in [0.717, 1.165) is 0 Å². The minimum Gasteiger partial charge on any atom is -0.550 e. The normalized spacial score (nSPS) is 7.33. The number of rotatable bonds is 4. The molecule has 0 fully saturated rings. The monoisotopic (exact) mass is 190 g/mol. The summed E-state index contributed by atoms with van der Waals surface area (Å²) in [5.74, 6) is -4.53. The number of Topliss-reactive ketones (excluding diaryl/α,β-unsaturated/α-hetero) is 1. The van der Waals surface area contributed by atoms with Crippen molar-refractivity contribution in [2.45, 2.75) is 12.8 Å². The molecule has 0 N–H and O–H groups in total. The fourth-order valence-electron chi connectivity index (χ4n) is 0.318. The van der Waals surface area contributed by atoms with Crippen LogP contribution < -0.4 is 69.3 Å². The Morgan fingerprint density at radius 3 is 1.58 bits per heavy atom. The predicted molar refractivity (Wildman–Crippen MR) is 24.3 cm³/mol. The molecule has 56 valence electrons. The largest absolute Gasteiger partial charge is 1.00 e. The summed E-state index contributed by atoms with van der Waals surface area (Å²) in [5.41, 5.74) is 0. The second kappa shape index (κ2) is 9.70. The molecule has 0 aromatic rings. The summed E-state index contributed by atoms with van der Waals surface area (Å²) in [6.45, 7) is 0. The van der Waals surface area contributed by atoms with E-state index >= 15 is 0 Å². The van der Waals surface area contributed by atoms with Gasteiger partial charge in [-0.2, -0.15) is 0 Å². The summed E-state index contributed by atoms with van der Waals surface area (Å²) in [5, 5.41) is 19.3. The van der Waals surface area contributed by atoms with Crippen LogP contribution in [0.5, 0.6) is 0 Å². The van der Waals surface area contributed by atoms with Crippen molar-refractivity contribution in [3.05, 3.63) is 0 Å². The zero-order chi connectivity index (χ0) is 8.15. The van der Waals surface area contributed by atoms with Crippen molar-refractivity contribution in [2.24, 2.45) is 0 Å². The van der Waals surface area contributed by atoms with E-state index in [-0.39, 0.29) is 59.1 Å². The van der Waals surface area contributed by atoms with Gasteiger partial charge in [-0.1, -0.05) is 0 Å². The van der Waals surface area contributed by atoms with Gasteiger partial charge in [0, 0.05) is 12.4 Å². The molecule has 0 rings (SSSR count). The third-order valence-electron chi connectivity index (χ3n) is 0.784. The van der Waals surface area contributed by atoms with E-state index in [4.69, 9.17) is 0 Å². The van der Waals surface area contributed by atoms with Gasteiger partial charge >= 0.3 is 59.1 Å². The van der Waals surface area contributed by atoms with E-state index < -0.39 is 30.6 Å². The van der Waals surface area contributed by atoms with Crippen LogP contribution in [0.3, 0.4) is 0 Å². The van der Waals surface area contributed by atoms with Gasteiger partial charge in [0.25, 0.3) is 0 Å². The van der Waals surface area contributed by atoms with Crippen molar-refractivity contribution in [3.63, 3.8) is 0 Å². The molecule has 0 aliphatic carbocycles. The number of carboxylic acids is 2. The van der Waals surface area contributed by atoms with Crippen molar-refractivity contribution < 1.29 is 83.7 Å². The fraction of sp³-hybridized carbons (Fsp3) is 0.400. The second-order valence-corrected chi connectivity index (χ2v) is 1.58. The standard InChI is InChI=1S/C5H6O5.2Na/c6-3(5(9)10)1-2-4(7)8;;/h1-2H2,(H,7,8)(H,9,10);;/q;2*+1/p-2. The quantitative estimate of drug-likeness (QED) is 0.324. The van der Waals surface area contributed by atoms with Crippen LogP contribution >= 0.6 is 0 Å². The third kappa shape index (κ3) is 10.6. The summed E-state index contributed by atoms with van der Waals surface area (Å²) in [6, 6.07) is 0. The maximum absolute atomic E-state index is 10.1. The Kier molecular flexibility index (Phi) is 14.9. The number of carbonyl (C=O) groups excluding carboxylic acids is 3. The molecule has 0 unspecified atom stereocenters. The molecule has 0 amide bonds. The molecule has 0 heterocycles. The predicted octanol–water partition coefficient (Wildman–Crippen LogP) is -9.16. The summed E-state index contributed by atoms with van der Waals surface area (Å²) in [6.07, 6.45) is -1.14. The number of ketones is 1. The van der Waals surface area contributed by atoms with Crippen LogP contribution in [-0.2, 0) is 14.4 Å². The van der Waals surface area contributed by atoms with Gasteiger partial charge in [0.15, 0.2) is 5.78 Å². The van der Waals surface area contributed by atoms with Crippen LogP contribution in [0.1, 0.15) is 12.8 Å². The molecule has 0 atom stereocenters. The first-order chi connectivity index (χ1) is 4.54. The van der Waals surface area contributed by atoms with Crippen molar-refractivity contribution in [3.8, 4) is 0 Å². The van der Waals surface area contributed by atoms with Gasteiger partial charge in [-0.3, -0.25) is 4.79 Å². The van der Waals surface area contributed by atoms with E-state index in [1.165, 1.54) is 0 Å². The van der Waals surface area contributed by atoms with Crippen LogP contribution in [0.15, 0.2) is 0 Å². The minimum atomic E-state index is -1.86. The Morgan fingerprint density at radius 1 is 0.917 bits per heavy atom. The van der Waals surface area contributed by atoms with Crippen LogP contribution in [0.4, 0.5) is 0 Å². The molecule has 0 aliphatic rings. The Bertz CT molecular complexity index is 179. The summed E-state index contributed by atoms with van der Waals surface area (Å²) in [4.78, 5) is 29.4. The minimum absolute atomic E-state index is 0. The van der Waals surface area contributed by atoms with Crippen molar-refractivity contribution in [2.75, 3.05) is 0 Å². The molecule has 0 aromatic heterocycles. The molecule has 5 nitrogen and oxygen atoms in total. The van der Waals surface area contributed by atoms with Crippen molar-refractivity contribution >= 4 is 17.7 Å². The van der Waals surface area contributed by atoms with Crippen molar-refractivity contribution in [1.82, 2.24) is 0 Å². The van der Waals surface area contributed by atoms with E-state index in [0.29, 0.717) is 0 Å². The molecular weight excluding hydrogens is 186 g/mol. The number of aliphatic carboxylic acids is 2. The first-order valence-corrected chi connectivity index (χ1v) is 2.48. The topological polar surface area (TPSA) is 97.3 Å². The molecular formula is C5H4Na2O5. The maximum Gasteiger partial charge on any atom is 1.00 e. The molecule has 0 radical (unpaired) electrons. The van der Waals surface area contributed by atoms with Crippen LogP contribution in [0.25, 0.3) is 0 Å². The van der Waals surface area contributed by atoms with Gasteiger partial charge in [0.1, 0.15) is 5.97 Å². The Labute approximate surface area is 113 Å². The summed E-state index contributed by atoms with van der Waals surface area (Å²) >= 11 is 0. The molecule has 0 saturated carbocycles. The third-order valence-corrected chi connectivity index (χ3v) is 0.784. The summed E-state index contributed by atoms with van der Waals surface area (Å²) in [7, 11) is 0. The average molecular weight is 190 g/mol. The van der Waals surface area contributed by atoms with E-state index in [1.54, 1.807) is 0 Å². The van der Waals surface area contributed by atoms with Gasteiger partial charge in [-0.25, -0.2) is 0 Å². The number of hydrogen-bond donors (Lipinski definition) is 0. The van der Waals surface area contributed by atoms with Gasteiger partial charge in [0.05, 0.1) is 0 Å². The molecule has 12 heavy (non-hydrogen) atoms. The molecule has 0 bridgehead atoms. The van der Waals surface area contributed by atoms with Gasteiger partial charge < -0.3 is 19.8 Å². The Hall–Kier alpha value is 0.610. The Morgan fingerprint density at radius 2 is 1.33 bits per heavy atom. The fourth-order valence-corrected chi connectivity index (χ4v) is 0.318. The molecule has 0 saturated heterocycles. The first kappa shape index (κ1) is 18.4. The molecule has 0 spiro atoms. The second-order valence-electron chi connectivity index (χ2n) is 1.58. The maximum atomic E-state index is 10.1. The SMILES string of the molecule is O=C([O-])CCC(=O)C(=O)[O-].[Na+].[Na+]. The summed E-state index contributed by atoms with van der Waals surface area (Å²) < 4.78 is 0. The molecule has 0 aromatic carbocycles. The molecule has 0 aliphatic heterocycles. The van der Waals surface area contributed by atoms with E-state index in [1.807, 2.05) is 0 Å². The smallest absolute Gasteiger partial charge is 0.550 e. The van der Waals surface area contributed by atoms with Gasteiger partial charge in [0.2, 0.25) is 0 Å². The number of hydrogen-bond acceptors (Lipinski definition) is 5. The van der Waals surface area contributed by atoms with Crippen LogP contribution in [-0.4, -0.2) is 17.7 Å². The van der Waals surface area contributed by atoms with Crippen LogP contribution in [0, 0.1) is 0 Å². The average Bonchev–Trinajstić information content (AvgIpc) is 1.82.